The first kappa shape index (κ1) is 21.9. The van der Waals surface area contributed by atoms with E-state index >= 15 is 0 Å². The Hall–Kier alpha value is -3.88. The van der Waals surface area contributed by atoms with E-state index in [1.165, 1.54) is 4.90 Å². The van der Waals surface area contributed by atoms with Crippen molar-refractivity contribution in [2.24, 2.45) is 0 Å². The number of benzene rings is 2. The molecule has 2 N–H and O–H groups in total. The van der Waals surface area contributed by atoms with Gasteiger partial charge in [-0.15, -0.1) is 0 Å². The molecule has 0 aromatic heterocycles. The molecule has 2 saturated heterocycles. The Morgan fingerprint density at radius 3 is 2.59 bits per heavy atom. The molecule has 0 radical (unpaired) electrons. The lowest BCUT2D eigenvalue weighted by atomic mass is 9.76. The second-order valence-corrected chi connectivity index (χ2v) is 8.94. The minimum Gasteiger partial charge on any atom is -0.445 e. The van der Waals surface area contributed by atoms with Gasteiger partial charge < -0.3 is 20.3 Å². The fourth-order valence-corrected chi connectivity index (χ4v) is 4.90. The van der Waals surface area contributed by atoms with Crippen molar-refractivity contribution in [1.29, 1.82) is 0 Å². The number of hydrogen-bond acceptors (Lipinski definition) is 5. The molecule has 5 amide bonds. The molecule has 176 valence electrons. The van der Waals surface area contributed by atoms with Gasteiger partial charge in [0.2, 0.25) is 5.91 Å². The quantitative estimate of drug-likeness (QED) is 0.660. The van der Waals surface area contributed by atoms with Crippen molar-refractivity contribution in [3.05, 3.63) is 71.3 Å². The van der Waals surface area contributed by atoms with Gasteiger partial charge in [0.05, 0.1) is 6.04 Å². The van der Waals surface area contributed by atoms with E-state index in [9.17, 15) is 19.2 Å². The van der Waals surface area contributed by atoms with Gasteiger partial charge in [0.15, 0.2) is 0 Å². The summed E-state index contributed by atoms with van der Waals surface area (Å²) >= 11 is 0. The van der Waals surface area contributed by atoms with E-state index in [0.29, 0.717) is 19.5 Å². The van der Waals surface area contributed by atoms with E-state index in [1.807, 2.05) is 54.6 Å². The SMILES string of the molecule is O=C(NC1CN(C(=O)CN2C(=O)NC3(CCCc4ccccc43)C2=O)C1)OCc1ccccc1. The molecule has 1 unspecified atom stereocenters. The summed E-state index contributed by atoms with van der Waals surface area (Å²) in [5, 5.41) is 5.59. The van der Waals surface area contributed by atoms with Gasteiger partial charge in [0.1, 0.15) is 18.7 Å². The van der Waals surface area contributed by atoms with Crippen LogP contribution in [0.2, 0.25) is 0 Å². The van der Waals surface area contributed by atoms with Gasteiger partial charge in [-0.1, -0.05) is 54.6 Å². The highest BCUT2D eigenvalue weighted by molar-refractivity contribution is 6.09. The van der Waals surface area contributed by atoms with Crippen molar-refractivity contribution in [3.63, 3.8) is 0 Å². The predicted octanol–water partition coefficient (Wildman–Crippen LogP) is 1.91. The lowest BCUT2D eigenvalue weighted by Gasteiger charge is -2.39. The summed E-state index contributed by atoms with van der Waals surface area (Å²) in [4.78, 5) is 53.3. The van der Waals surface area contributed by atoms with Crippen LogP contribution in [-0.4, -0.2) is 59.4 Å². The molecule has 2 aromatic carbocycles. The van der Waals surface area contributed by atoms with Crippen LogP contribution >= 0.6 is 0 Å². The molecule has 2 heterocycles. The molecule has 9 heteroatoms. The number of urea groups is 1. The molecule has 0 bridgehead atoms. The minimum absolute atomic E-state index is 0.166. The van der Waals surface area contributed by atoms with Gasteiger partial charge in [-0.2, -0.15) is 0 Å². The van der Waals surface area contributed by atoms with Crippen LogP contribution in [0, 0.1) is 0 Å². The van der Waals surface area contributed by atoms with E-state index in [4.69, 9.17) is 4.74 Å². The molecule has 2 fully saturated rings. The first-order valence-electron chi connectivity index (χ1n) is 11.4. The van der Waals surface area contributed by atoms with E-state index in [0.717, 1.165) is 34.4 Å². The maximum absolute atomic E-state index is 13.3. The highest BCUT2D eigenvalue weighted by Gasteiger charge is 2.54. The fourth-order valence-electron chi connectivity index (χ4n) is 4.90. The van der Waals surface area contributed by atoms with E-state index in [-0.39, 0.29) is 31.0 Å². The number of amides is 5. The third-order valence-corrected chi connectivity index (χ3v) is 6.71. The van der Waals surface area contributed by atoms with Crippen molar-refractivity contribution < 1.29 is 23.9 Å². The number of alkyl carbamates (subject to hydrolysis) is 1. The third kappa shape index (κ3) is 3.98. The molecular formula is C25H26N4O5. The van der Waals surface area contributed by atoms with Crippen LogP contribution in [0.25, 0.3) is 0 Å². The van der Waals surface area contributed by atoms with Crippen molar-refractivity contribution in [2.75, 3.05) is 19.6 Å². The lowest BCUT2D eigenvalue weighted by Crippen LogP contribution is -2.62. The predicted molar refractivity (Wildman–Crippen MR) is 121 cm³/mol. The first-order chi connectivity index (χ1) is 16.5. The van der Waals surface area contributed by atoms with Gasteiger partial charge >= 0.3 is 12.1 Å². The fraction of sp³-hybridized carbons (Fsp3) is 0.360. The number of fused-ring (bicyclic) bond motifs is 2. The van der Waals surface area contributed by atoms with Gasteiger partial charge in [-0.05, 0) is 36.0 Å². The Morgan fingerprint density at radius 1 is 1.06 bits per heavy atom. The lowest BCUT2D eigenvalue weighted by molar-refractivity contribution is -0.142. The summed E-state index contributed by atoms with van der Waals surface area (Å²) in [5.41, 5.74) is 1.66. The van der Waals surface area contributed by atoms with Crippen LogP contribution in [0.1, 0.15) is 29.5 Å². The molecule has 9 nitrogen and oxygen atoms in total. The zero-order valence-corrected chi connectivity index (χ0v) is 18.7. The zero-order chi connectivity index (χ0) is 23.7. The molecule has 1 aliphatic carbocycles. The average molecular weight is 463 g/mol. The van der Waals surface area contributed by atoms with Crippen LogP contribution in [-0.2, 0) is 32.9 Å². The summed E-state index contributed by atoms with van der Waals surface area (Å²) in [6, 6.07) is 16.2. The topological polar surface area (TPSA) is 108 Å². The minimum atomic E-state index is -1.09. The normalized spacial score (nSPS) is 21.6. The van der Waals surface area contributed by atoms with Crippen molar-refractivity contribution in [2.45, 2.75) is 37.5 Å². The standard InChI is InChI=1S/C25H26N4O5/c30-21(28-13-19(14-28)26-24(33)34-16-17-7-2-1-3-8-17)15-29-22(31)25(27-23(29)32)12-6-10-18-9-4-5-11-20(18)25/h1-5,7-9,11,19H,6,10,12-16H2,(H,26,33)(H,27,32). The monoisotopic (exact) mass is 462 g/mol. The third-order valence-electron chi connectivity index (χ3n) is 6.71. The zero-order valence-electron chi connectivity index (χ0n) is 18.7. The Kier molecular flexibility index (Phi) is 5.69. The molecule has 0 saturated carbocycles. The second kappa shape index (κ2) is 8.81. The molecule has 34 heavy (non-hydrogen) atoms. The number of likely N-dealkylation sites (tertiary alicyclic amines) is 1. The Balaban J connectivity index is 1.13. The first-order valence-corrected chi connectivity index (χ1v) is 11.4. The van der Waals surface area contributed by atoms with Crippen LogP contribution in [0.15, 0.2) is 54.6 Å². The van der Waals surface area contributed by atoms with Gasteiger partial charge in [-0.25, -0.2) is 9.59 Å². The Morgan fingerprint density at radius 2 is 1.79 bits per heavy atom. The van der Waals surface area contributed by atoms with Gasteiger partial charge in [-0.3, -0.25) is 14.5 Å². The molecule has 3 aliphatic rings. The highest BCUT2D eigenvalue weighted by Crippen LogP contribution is 2.39. The number of ether oxygens (including phenoxy) is 1. The van der Waals surface area contributed by atoms with Crippen molar-refractivity contribution >= 4 is 23.9 Å². The molecule has 1 spiro atoms. The van der Waals surface area contributed by atoms with Crippen LogP contribution < -0.4 is 10.6 Å². The highest BCUT2D eigenvalue weighted by atomic mass is 16.5. The Bertz CT molecular complexity index is 1130. The smallest absolute Gasteiger partial charge is 0.407 e. The van der Waals surface area contributed by atoms with Crippen LogP contribution in [0.4, 0.5) is 9.59 Å². The Labute approximate surface area is 197 Å². The summed E-state index contributed by atoms with van der Waals surface area (Å²) in [6.07, 6.45) is 1.61. The largest absolute Gasteiger partial charge is 0.445 e. The van der Waals surface area contributed by atoms with Crippen molar-refractivity contribution in [3.8, 4) is 0 Å². The summed E-state index contributed by atoms with van der Waals surface area (Å²) in [7, 11) is 0. The van der Waals surface area contributed by atoms with E-state index in [1.54, 1.807) is 0 Å². The second-order valence-electron chi connectivity index (χ2n) is 8.94. The number of carbonyl (C=O) groups excluding carboxylic acids is 4. The summed E-state index contributed by atoms with van der Waals surface area (Å²) in [6.45, 7) is 0.451. The van der Waals surface area contributed by atoms with E-state index in [2.05, 4.69) is 10.6 Å². The molecule has 5 rings (SSSR count). The molecule has 1 atom stereocenters. The molecule has 2 aliphatic heterocycles. The number of rotatable bonds is 5. The van der Waals surface area contributed by atoms with Crippen LogP contribution in [0.3, 0.4) is 0 Å². The van der Waals surface area contributed by atoms with Gasteiger partial charge in [0.25, 0.3) is 5.91 Å². The average Bonchev–Trinajstić information content (AvgIpc) is 3.05. The van der Waals surface area contributed by atoms with Crippen LogP contribution in [0.5, 0.6) is 0 Å². The number of nitrogens with one attached hydrogen (secondary N) is 2. The number of aryl methyl sites for hydroxylation is 1. The number of hydrogen-bond donors (Lipinski definition) is 2. The molecule has 2 aromatic rings. The molecular weight excluding hydrogens is 436 g/mol. The van der Waals surface area contributed by atoms with Gasteiger partial charge in [0, 0.05) is 13.1 Å². The van der Waals surface area contributed by atoms with Crippen molar-refractivity contribution in [1.82, 2.24) is 20.4 Å². The summed E-state index contributed by atoms with van der Waals surface area (Å²) in [5.74, 6) is -0.710. The summed E-state index contributed by atoms with van der Waals surface area (Å²) < 4.78 is 5.20. The maximum atomic E-state index is 13.3. The number of nitrogens with zero attached hydrogens (tertiary/aromatic N) is 2. The number of imide groups is 1. The van der Waals surface area contributed by atoms with E-state index < -0.39 is 17.7 Å². The number of carbonyl (C=O) groups is 4. The maximum Gasteiger partial charge on any atom is 0.407 e.